The molecule has 0 spiro atoms. The average Bonchev–Trinajstić information content (AvgIpc) is 3.14. The fourth-order valence-corrected chi connectivity index (χ4v) is 3.75. The van der Waals surface area contributed by atoms with Crippen LogP contribution in [0, 0.1) is 6.92 Å². The molecule has 0 bridgehead atoms. The number of aromatic amines is 1. The maximum atomic E-state index is 11.6. The van der Waals surface area contributed by atoms with Gasteiger partial charge in [-0.05, 0) is 25.8 Å². The van der Waals surface area contributed by atoms with Crippen molar-refractivity contribution >= 4 is 5.91 Å². The first-order valence-corrected chi connectivity index (χ1v) is 9.30. The Balaban J connectivity index is 1.74. The molecule has 4 rings (SSSR count). The molecule has 3 aromatic rings. The summed E-state index contributed by atoms with van der Waals surface area (Å²) in [6, 6.07) is 10.3. The van der Waals surface area contributed by atoms with Crippen molar-refractivity contribution in [2.45, 2.75) is 32.6 Å². The van der Waals surface area contributed by atoms with E-state index in [4.69, 9.17) is 0 Å². The van der Waals surface area contributed by atoms with E-state index < -0.39 is 0 Å². The maximum absolute atomic E-state index is 11.6. The van der Waals surface area contributed by atoms with E-state index in [2.05, 4.69) is 51.4 Å². The SMILES string of the molecule is CC(=O)N1CCC(c2[nH]nc(-c3ccc(C)cc3)c2-c2ccncn2)CC1. The van der Waals surface area contributed by atoms with E-state index in [0.29, 0.717) is 5.92 Å². The topological polar surface area (TPSA) is 74.8 Å². The van der Waals surface area contributed by atoms with E-state index in [-0.39, 0.29) is 5.91 Å². The van der Waals surface area contributed by atoms with Crippen molar-refractivity contribution in [1.29, 1.82) is 0 Å². The van der Waals surface area contributed by atoms with E-state index in [1.54, 1.807) is 19.4 Å². The van der Waals surface area contributed by atoms with Gasteiger partial charge in [-0.2, -0.15) is 5.10 Å². The fourth-order valence-electron chi connectivity index (χ4n) is 3.75. The van der Waals surface area contributed by atoms with Gasteiger partial charge in [0.25, 0.3) is 0 Å². The predicted octanol–water partition coefficient (Wildman–Crippen LogP) is 3.57. The number of amides is 1. The highest BCUT2D eigenvalue weighted by molar-refractivity contribution is 5.81. The van der Waals surface area contributed by atoms with Gasteiger partial charge >= 0.3 is 0 Å². The van der Waals surface area contributed by atoms with E-state index >= 15 is 0 Å². The fraction of sp³-hybridized carbons (Fsp3) is 0.333. The first-order valence-electron chi connectivity index (χ1n) is 9.30. The minimum atomic E-state index is 0.148. The van der Waals surface area contributed by atoms with Crippen LogP contribution in [0.3, 0.4) is 0 Å². The molecule has 6 heteroatoms. The van der Waals surface area contributed by atoms with Gasteiger partial charge in [0.1, 0.15) is 12.0 Å². The molecule has 27 heavy (non-hydrogen) atoms. The number of H-pyrrole nitrogens is 1. The Morgan fingerprint density at radius 2 is 1.89 bits per heavy atom. The number of aryl methyl sites for hydroxylation is 1. The largest absolute Gasteiger partial charge is 0.343 e. The molecule has 1 aliphatic rings. The summed E-state index contributed by atoms with van der Waals surface area (Å²) >= 11 is 0. The maximum Gasteiger partial charge on any atom is 0.219 e. The van der Waals surface area contributed by atoms with Crippen LogP contribution < -0.4 is 0 Å². The molecule has 0 saturated carbocycles. The molecular formula is C21H23N5O. The molecule has 1 aliphatic heterocycles. The minimum Gasteiger partial charge on any atom is -0.343 e. The minimum absolute atomic E-state index is 0.148. The second-order valence-electron chi connectivity index (χ2n) is 7.10. The first kappa shape index (κ1) is 17.4. The van der Waals surface area contributed by atoms with Gasteiger partial charge in [-0.25, -0.2) is 9.97 Å². The van der Waals surface area contributed by atoms with Gasteiger partial charge in [-0.15, -0.1) is 0 Å². The average molecular weight is 361 g/mol. The second kappa shape index (κ2) is 7.31. The van der Waals surface area contributed by atoms with Gasteiger partial charge in [-0.3, -0.25) is 9.89 Å². The third-order valence-electron chi connectivity index (χ3n) is 5.31. The molecule has 138 valence electrons. The number of aromatic nitrogens is 4. The van der Waals surface area contributed by atoms with E-state index in [0.717, 1.165) is 54.1 Å². The second-order valence-corrected chi connectivity index (χ2v) is 7.10. The smallest absolute Gasteiger partial charge is 0.219 e. The lowest BCUT2D eigenvalue weighted by molar-refractivity contribution is -0.129. The molecule has 1 N–H and O–H groups in total. The zero-order valence-corrected chi connectivity index (χ0v) is 15.6. The lowest BCUT2D eigenvalue weighted by Gasteiger charge is -2.31. The summed E-state index contributed by atoms with van der Waals surface area (Å²) < 4.78 is 0. The Morgan fingerprint density at radius 3 is 2.52 bits per heavy atom. The molecule has 0 radical (unpaired) electrons. The Labute approximate surface area is 158 Å². The Hall–Kier alpha value is -3.02. The molecular weight excluding hydrogens is 338 g/mol. The summed E-state index contributed by atoms with van der Waals surface area (Å²) in [6.45, 7) is 5.27. The van der Waals surface area contributed by atoms with Gasteiger partial charge in [0.05, 0.1) is 5.69 Å². The van der Waals surface area contributed by atoms with Crippen LogP contribution in [-0.2, 0) is 4.79 Å². The number of carbonyl (C=O) groups excluding carboxylic acids is 1. The summed E-state index contributed by atoms with van der Waals surface area (Å²) in [5.41, 5.74) is 6.22. The predicted molar refractivity (Wildman–Crippen MR) is 104 cm³/mol. The van der Waals surface area contributed by atoms with Gasteiger partial charge in [0, 0.05) is 48.9 Å². The quantitative estimate of drug-likeness (QED) is 0.774. The number of nitrogens with zero attached hydrogens (tertiary/aromatic N) is 4. The molecule has 0 unspecified atom stereocenters. The summed E-state index contributed by atoms with van der Waals surface area (Å²) in [5, 5.41) is 7.94. The lowest BCUT2D eigenvalue weighted by atomic mass is 9.88. The zero-order valence-electron chi connectivity index (χ0n) is 15.6. The summed E-state index contributed by atoms with van der Waals surface area (Å²) in [6.07, 6.45) is 5.18. The van der Waals surface area contributed by atoms with Crippen LogP contribution in [0.15, 0.2) is 42.9 Å². The number of carbonyl (C=O) groups is 1. The highest BCUT2D eigenvalue weighted by Gasteiger charge is 2.28. The van der Waals surface area contributed by atoms with Gasteiger partial charge < -0.3 is 4.90 Å². The molecule has 3 heterocycles. The third kappa shape index (κ3) is 3.47. The van der Waals surface area contributed by atoms with Crippen molar-refractivity contribution in [3.05, 3.63) is 54.1 Å². The van der Waals surface area contributed by atoms with E-state index in [1.165, 1.54) is 5.56 Å². The lowest BCUT2D eigenvalue weighted by Crippen LogP contribution is -2.36. The molecule has 1 aromatic carbocycles. The van der Waals surface area contributed by atoms with Crippen LogP contribution in [0.2, 0.25) is 0 Å². The molecule has 6 nitrogen and oxygen atoms in total. The van der Waals surface area contributed by atoms with Crippen molar-refractivity contribution in [2.75, 3.05) is 13.1 Å². The Morgan fingerprint density at radius 1 is 1.15 bits per heavy atom. The molecule has 0 atom stereocenters. The Bertz CT molecular complexity index is 925. The van der Waals surface area contributed by atoms with Crippen LogP contribution in [-0.4, -0.2) is 44.1 Å². The Kier molecular flexibility index (Phi) is 4.71. The van der Waals surface area contributed by atoms with Crippen molar-refractivity contribution in [2.24, 2.45) is 0 Å². The number of benzene rings is 1. The highest BCUT2D eigenvalue weighted by Crippen LogP contribution is 2.38. The van der Waals surface area contributed by atoms with Gasteiger partial charge in [-0.1, -0.05) is 29.8 Å². The number of rotatable bonds is 3. The number of nitrogens with one attached hydrogen (secondary N) is 1. The zero-order chi connectivity index (χ0) is 18.8. The van der Waals surface area contributed by atoms with Crippen molar-refractivity contribution < 1.29 is 4.79 Å². The van der Waals surface area contributed by atoms with E-state index in [1.807, 2.05) is 11.0 Å². The highest BCUT2D eigenvalue weighted by atomic mass is 16.2. The van der Waals surface area contributed by atoms with Crippen LogP contribution in [0.25, 0.3) is 22.5 Å². The summed E-state index contributed by atoms with van der Waals surface area (Å²) in [4.78, 5) is 22.1. The van der Waals surface area contributed by atoms with Gasteiger partial charge in [0.15, 0.2) is 0 Å². The van der Waals surface area contributed by atoms with Crippen molar-refractivity contribution in [3.63, 3.8) is 0 Å². The molecule has 0 aliphatic carbocycles. The standard InChI is InChI=1S/C21H23N5O/c1-14-3-5-16(6-4-14)20-19(18-7-10-22-13-23-18)21(25-24-20)17-8-11-26(12-9-17)15(2)27/h3-7,10,13,17H,8-9,11-12H2,1-2H3,(H,24,25). The first-order chi connectivity index (χ1) is 13.1. The number of hydrogen-bond donors (Lipinski definition) is 1. The van der Waals surface area contributed by atoms with Crippen LogP contribution in [0.5, 0.6) is 0 Å². The monoisotopic (exact) mass is 361 g/mol. The summed E-state index contributed by atoms with van der Waals surface area (Å²) in [7, 11) is 0. The normalized spacial score (nSPS) is 15.1. The molecule has 1 saturated heterocycles. The number of hydrogen-bond acceptors (Lipinski definition) is 4. The van der Waals surface area contributed by atoms with Crippen LogP contribution in [0.1, 0.15) is 36.9 Å². The van der Waals surface area contributed by atoms with Crippen LogP contribution >= 0.6 is 0 Å². The summed E-state index contributed by atoms with van der Waals surface area (Å²) in [5.74, 6) is 0.478. The number of piperidine rings is 1. The number of likely N-dealkylation sites (tertiary alicyclic amines) is 1. The van der Waals surface area contributed by atoms with Crippen molar-refractivity contribution in [3.8, 4) is 22.5 Å². The van der Waals surface area contributed by atoms with Gasteiger partial charge in [0.2, 0.25) is 5.91 Å². The van der Waals surface area contributed by atoms with E-state index in [9.17, 15) is 4.79 Å². The van der Waals surface area contributed by atoms with Crippen LogP contribution in [0.4, 0.5) is 0 Å². The van der Waals surface area contributed by atoms with Crippen molar-refractivity contribution in [1.82, 2.24) is 25.1 Å². The molecule has 1 fully saturated rings. The molecule has 2 aromatic heterocycles. The third-order valence-corrected chi connectivity index (χ3v) is 5.31. The molecule has 1 amide bonds.